The lowest BCUT2D eigenvalue weighted by atomic mass is 10.1. The maximum atomic E-state index is 13.0. The number of carbonyl (C=O) groups is 3. The average Bonchev–Trinajstić information content (AvgIpc) is 2.73. The van der Waals surface area contributed by atoms with Gasteiger partial charge in [-0.2, -0.15) is 0 Å². The molecule has 2 amide bonds. The second kappa shape index (κ2) is 9.40. The number of carboxylic acids is 1. The first kappa shape index (κ1) is 22.0. The Morgan fingerprint density at radius 2 is 1.74 bits per heavy atom. The van der Waals surface area contributed by atoms with Gasteiger partial charge >= 0.3 is 5.97 Å². The molecule has 1 atom stereocenters. The quantitative estimate of drug-likeness (QED) is 0.387. The fourth-order valence-corrected chi connectivity index (χ4v) is 3.09. The molecule has 0 aliphatic carbocycles. The van der Waals surface area contributed by atoms with Crippen LogP contribution in [-0.2, 0) is 14.4 Å². The number of thiocarbonyl (C=S) groups is 1. The molecule has 9 heteroatoms. The first-order chi connectivity index (χ1) is 14.8. The topological polar surface area (TPSA) is 105 Å². The van der Waals surface area contributed by atoms with Crippen LogP contribution in [0.5, 0.6) is 11.5 Å². The van der Waals surface area contributed by atoms with Gasteiger partial charge in [0.25, 0.3) is 11.8 Å². The summed E-state index contributed by atoms with van der Waals surface area (Å²) in [5, 5.41) is 11.4. The predicted molar refractivity (Wildman–Crippen MR) is 118 cm³/mol. The number of amides is 2. The van der Waals surface area contributed by atoms with Crippen molar-refractivity contribution in [1.82, 2.24) is 5.32 Å². The monoisotopic (exact) mass is 440 g/mol. The van der Waals surface area contributed by atoms with Crippen LogP contribution in [0.25, 0.3) is 6.08 Å². The smallest absolute Gasteiger partial charge is 0.344 e. The van der Waals surface area contributed by atoms with E-state index in [1.807, 2.05) is 6.92 Å². The van der Waals surface area contributed by atoms with Crippen molar-refractivity contribution in [3.05, 3.63) is 59.7 Å². The third-order valence-corrected chi connectivity index (χ3v) is 4.64. The van der Waals surface area contributed by atoms with Crippen LogP contribution in [0.1, 0.15) is 19.4 Å². The number of nitrogens with one attached hydrogen (secondary N) is 1. The summed E-state index contributed by atoms with van der Waals surface area (Å²) in [6, 6.07) is 13.1. The van der Waals surface area contributed by atoms with Crippen LogP contribution in [0.2, 0.25) is 0 Å². The third-order valence-electron chi connectivity index (χ3n) is 4.36. The van der Waals surface area contributed by atoms with Crippen molar-refractivity contribution in [1.29, 1.82) is 0 Å². The Labute approximate surface area is 184 Å². The van der Waals surface area contributed by atoms with E-state index in [1.165, 1.54) is 17.9 Å². The molecular weight excluding hydrogens is 420 g/mol. The first-order valence-electron chi connectivity index (χ1n) is 9.44. The number of benzene rings is 2. The number of rotatable bonds is 7. The summed E-state index contributed by atoms with van der Waals surface area (Å²) >= 11 is 5.19. The molecule has 0 aromatic heterocycles. The molecule has 31 heavy (non-hydrogen) atoms. The molecule has 1 saturated heterocycles. The lowest BCUT2D eigenvalue weighted by molar-refractivity contribution is -0.144. The number of hydrogen-bond donors (Lipinski definition) is 2. The van der Waals surface area contributed by atoms with Crippen molar-refractivity contribution in [2.24, 2.45) is 0 Å². The predicted octanol–water partition coefficient (Wildman–Crippen LogP) is 2.77. The number of aliphatic carboxylic acids is 1. The fraction of sp³-hybridized carbons (Fsp3) is 0.182. The molecule has 2 N–H and O–H groups in total. The molecule has 1 fully saturated rings. The molecule has 1 aliphatic rings. The van der Waals surface area contributed by atoms with E-state index in [0.29, 0.717) is 29.4 Å². The second-order valence-corrected chi connectivity index (χ2v) is 6.94. The number of hydrogen-bond acceptors (Lipinski definition) is 6. The molecule has 1 heterocycles. The summed E-state index contributed by atoms with van der Waals surface area (Å²) in [4.78, 5) is 37.6. The zero-order valence-electron chi connectivity index (χ0n) is 16.8. The molecule has 0 spiro atoms. The number of anilines is 1. The van der Waals surface area contributed by atoms with Gasteiger partial charge in [0.15, 0.2) is 11.2 Å². The van der Waals surface area contributed by atoms with Gasteiger partial charge in [0.2, 0.25) is 0 Å². The van der Waals surface area contributed by atoms with Gasteiger partial charge in [-0.3, -0.25) is 19.8 Å². The van der Waals surface area contributed by atoms with Gasteiger partial charge in [-0.15, -0.1) is 0 Å². The van der Waals surface area contributed by atoms with E-state index in [9.17, 15) is 14.4 Å². The van der Waals surface area contributed by atoms with E-state index < -0.39 is 23.9 Å². The van der Waals surface area contributed by atoms with Gasteiger partial charge in [-0.1, -0.05) is 12.1 Å². The summed E-state index contributed by atoms with van der Waals surface area (Å²) < 4.78 is 10.7. The standard InChI is InChI=1S/C22H20N2O6S/c1-3-29-16-10-6-15(7-11-16)24-20(26)18(19(25)23-22(24)31)12-14-4-8-17(9-5-14)30-13(2)21(27)28/h4-13H,3H2,1-2H3,(H,27,28)(H,23,25,31)/b18-12+. The fourth-order valence-electron chi connectivity index (χ4n) is 2.81. The van der Waals surface area contributed by atoms with E-state index in [4.69, 9.17) is 26.8 Å². The van der Waals surface area contributed by atoms with Gasteiger partial charge < -0.3 is 14.6 Å². The molecule has 0 saturated carbocycles. The highest BCUT2D eigenvalue weighted by Gasteiger charge is 2.34. The zero-order chi connectivity index (χ0) is 22.5. The summed E-state index contributed by atoms with van der Waals surface area (Å²) in [6.07, 6.45) is 0.435. The van der Waals surface area contributed by atoms with E-state index in [1.54, 1.807) is 48.5 Å². The third kappa shape index (κ3) is 5.07. The Bertz CT molecular complexity index is 1050. The zero-order valence-corrected chi connectivity index (χ0v) is 17.6. The average molecular weight is 440 g/mol. The van der Waals surface area contributed by atoms with Crippen LogP contribution in [0.4, 0.5) is 5.69 Å². The summed E-state index contributed by atoms with van der Waals surface area (Å²) in [5.74, 6) is -1.23. The highest BCUT2D eigenvalue weighted by Crippen LogP contribution is 2.25. The van der Waals surface area contributed by atoms with Crippen molar-refractivity contribution in [2.75, 3.05) is 11.5 Å². The van der Waals surface area contributed by atoms with Gasteiger partial charge in [0.1, 0.15) is 17.1 Å². The highest BCUT2D eigenvalue weighted by molar-refractivity contribution is 7.80. The number of nitrogens with zero attached hydrogens (tertiary/aromatic N) is 1. The van der Waals surface area contributed by atoms with Crippen molar-refractivity contribution in [3.8, 4) is 11.5 Å². The molecule has 1 aliphatic heterocycles. The Morgan fingerprint density at radius 3 is 2.32 bits per heavy atom. The number of carboxylic acid groups (broad SMARTS) is 1. The van der Waals surface area contributed by atoms with Gasteiger partial charge in [-0.25, -0.2) is 4.79 Å². The van der Waals surface area contributed by atoms with E-state index in [2.05, 4.69) is 5.32 Å². The summed E-state index contributed by atoms with van der Waals surface area (Å²) in [7, 11) is 0. The van der Waals surface area contributed by atoms with Crippen molar-refractivity contribution >= 4 is 46.9 Å². The molecular formula is C22H20N2O6S. The molecule has 1 unspecified atom stereocenters. The number of ether oxygens (including phenoxy) is 2. The second-order valence-electron chi connectivity index (χ2n) is 6.55. The van der Waals surface area contributed by atoms with Gasteiger partial charge in [0, 0.05) is 0 Å². The molecule has 160 valence electrons. The molecule has 8 nitrogen and oxygen atoms in total. The van der Waals surface area contributed by atoms with Crippen LogP contribution >= 0.6 is 12.2 Å². The van der Waals surface area contributed by atoms with E-state index in [0.717, 1.165) is 0 Å². The lowest BCUT2D eigenvalue weighted by Gasteiger charge is -2.29. The van der Waals surface area contributed by atoms with E-state index in [-0.39, 0.29) is 10.7 Å². The molecule has 3 rings (SSSR count). The van der Waals surface area contributed by atoms with Gasteiger partial charge in [0.05, 0.1) is 12.3 Å². The van der Waals surface area contributed by atoms with Crippen molar-refractivity contribution in [2.45, 2.75) is 20.0 Å². The molecule has 0 bridgehead atoms. The summed E-state index contributed by atoms with van der Waals surface area (Å²) in [5.41, 5.74) is 0.971. The van der Waals surface area contributed by atoms with Crippen LogP contribution < -0.4 is 19.7 Å². The molecule has 2 aromatic rings. The highest BCUT2D eigenvalue weighted by atomic mass is 32.1. The first-order valence-corrected chi connectivity index (χ1v) is 9.85. The Morgan fingerprint density at radius 1 is 1.13 bits per heavy atom. The molecule has 2 aromatic carbocycles. The SMILES string of the molecule is CCOc1ccc(N2C(=O)/C(=C/c3ccc(OC(C)C(=O)O)cc3)C(=O)NC2=S)cc1. The summed E-state index contributed by atoms with van der Waals surface area (Å²) in [6.45, 7) is 3.80. The van der Waals surface area contributed by atoms with Crippen molar-refractivity contribution < 1.29 is 29.0 Å². The maximum Gasteiger partial charge on any atom is 0.344 e. The molecule has 0 radical (unpaired) electrons. The maximum absolute atomic E-state index is 13.0. The number of carbonyl (C=O) groups excluding carboxylic acids is 2. The largest absolute Gasteiger partial charge is 0.494 e. The lowest BCUT2D eigenvalue weighted by Crippen LogP contribution is -2.54. The van der Waals surface area contributed by atoms with Crippen LogP contribution in [0.3, 0.4) is 0 Å². The minimum Gasteiger partial charge on any atom is -0.494 e. The minimum absolute atomic E-state index is 0.0114. The van der Waals surface area contributed by atoms with Gasteiger partial charge in [-0.05, 0) is 74.1 Å². The van der Waals surface area contributed by atoms with Crippen LogP contribution in [0, 0.1) is 0 Å². The van der Waals surface area contributed by atoms with Crippen molar-refractivity contribution in [3.63, 3.8) is 0 Å². The Hall–Kier alpha value is -3.72. The van der Waals surface area contributed by atoms with Crippen LogP contribution in [-0.4, -0.2) is 40.7 Å². The normalized spacial score (nSPS) is 16.1. The Kier molecular flexibility index (Phi) is 6.66. The van der Waals surface area contributed by atoms with E-state index >= 15 is 0 Å². The minimum atomic E-state index is -1.08. The van der Waals surface area contributed by atoms with Crippen LogP contribution in [0.15, 0.2) is 54.1 Å². The Balaban J connectivity index is 1.84.